The molecule has 0 aliphatic heterocycles. The number of aliphatic hydroxyl groups is 1. The van der Waals surface area contributed by atoms with Crippen LogP contribution < -0.4 is 4.90 Å². The molecule has 2 atom stereocenters. The molecule has 0 saturated carbocycles. The molecule has 0 saturated heterocycles. The van der Waals surface area contributed by atoms with E-state index in [0.29, 0.717) is 12.0 Å². The van der Waals surface area contributed by atoms with Crippen molar-refractivity contribution in [3.8, 4) is 0 Å². The van der Waals surface area contributed by atoms with Gasteiger partial charge >= 0.3 is 0 Å². The Bertz CT molecular complexity index is 329. The predicted octanol–water partition coefficient (Wildman–Crippen LogP) is 3.61. The van der Waals surface area contributed by atoms with E-state index in [2.05, 4.69) is 44.9 Å². The molecule has 1 rings (SSSR count). The van der Waals surface area contributed by atoms with Crippen molar-refractivity contribution in [2.24, 2.45) is 5.92 Å². The minimum Gasteiger partial charge on any atom is -0.389 e. The van der Waals surface area contributed by atoms with Gasteiger partial charge in [-0.1, -0.05) is 26.0 Å². The van der Waals surface area contributed by atoms with Gasteiger partial charge in [0.2, 0.25) is 0 Å². The van der Waals surface area contributed by atoms with Crippen molar-refractivity contribution in [1.29, 1.82) is 0 Å². The molecular formula is C15H25NO. The van der Waals surface area contributed by atoms with Gasteiger partial charge in [-0.05, 0) is 43.9 Å². The van der Waals surface area contributed by atoms with E-state index < -0.39 is 0 Å². The first kappa shape index (κ1) is 14.0. The molecular weight excluding hydrogens is 210 g/mol. The van der Waals surface area contributed by atoms with E-state index in [-0.39, 0.29) is 6.10 Å². The first-order valence-electron chi connectivity index (χ1n) is 6.42. The summed E-state index contributed by atoms with van der Waals surface area (Å²) in [5.74, 6) is 0.712. The minimum absolute atomic E-state index is 0.387. The van der Waals surface area contributed by atoms with Crippen molar-refractivity contribution in [2.75, 3.05) is 11.9 Å². The number of nitrogens with zero attached hydrogens (tertiary/aromatic N) is 1. The van der Waals surface area contributed by atoms with Gasteiger partial charge in [0.05, 0.1) is 6.10 Å². The van der Waals surface area contributed by atoms with E-state index in [1.165, 1.54) is 12.1 Å². The fraction of sp³-hybridized carbons (Fsp3) is 0.600. The molecule has 2 nitrogen and oxygen atoms in total. The van der Waals surface area contributed by atoms with E-state index in [1.807, 2.05) is 12.1 Å². The van der Waals surface area contributed by atoms with Crippen LogP contribution in [0.25, 0.3) is 0 Å². The third kappa shape index (κ3) is 4.04. The number of hydrogen-bond donors (Lipinski definition) is 1. The second-order valence-corrected chi connectivity index (χ2v) is 5.36. The fourth-order valence-electron chi connectivity index (χ4n) is 2.08. The van der Waals surface area contributed by atoms with E-state index in [9.17, 15) is 5.11 Å². The van der Waals surface area contributed by atoms with E-state index >= 15 is 0 Å². The van der Waals surface area contributed by atoms with E-state index in [0.717, 1.165) is 5.56 Å². The molecule has 0 spiro atoms. The zero-order valence-electron chi connectivity index (χ0n) is 11.6. The summed E-state index contributed by atoms with van der Waals surface area (Å²) in [5.41, 5.74) is 2.18. The molecule has 0 fully saturated rings. The molecule has 0 aromatic heterocycles. The highest BCUT2D eigenvalue weighted by Gasteiger charge is 2.11. The first-order valence-corrected chi connectivity index (χ1v) is 6.42. The quantitative estimate of drug-likeness (QED) is 0.842. The van der Waals surface area contributed by atoms with Gasteiger partial charge in [-0.2, -0.15) is 0 Å². The van der Waals surface area contributed by atoms with Gasteiger partial charge in [-0.15, -0.1) is 0 Å². The van der Waals surface area contributed by atoms with Crippen molar-refractivity contribution in [3.63, 3.8) is 0 Å². The minimum atomic E-state index is -0.387. The maximum atomic E-state index is 9.47. The Balaban J connectivity index is 2.72. The number of hydrogen-bond acceptors (Lipinski definition) is 2. The van der Waals surface area contributed by atoms with Gasteiger partial charge in [-0.25, -0.2) is 0 Å². The zero-order valence-corrected chi connectivity index (χ0v) is 11.6. The highest BCUT2D eigenvalue weighted by atomic mass is 16.3. The second kappa shape index (κ2) is 6.06. The van der Waals surface area contributed by atoms with Gasteiger partial charge in [0.15, 0.2) is 0 Å². The molecule has 1 aromatic carbocycles. The smallest absolute Gasteiger partial charge is 0.0761 e. The molecule has 1 N–H and O–H groups in total. The molecule has 0 aliphatic carbocycles. The van der Waals surface area contributed by atoms with Crippen LogP contribution in [0.1, 0.15) is 45.8 Å². The van der Waals surface area contributed by atoms with Gasteiger partial charge in [0.1, 0.15) is 0 Å². The monoisotopic (exact) mass is 235 g/mol. The molecule has 0 aliphatic rings. The standard InChI is InChI=1S/C15H25NO/c1-11(2)10-12(3)16(5)15-8-6-14(7-9-15)13(4)17/h6-9,11-13,17H,10H2,1-5H3. The molecule has 0 amide bonds. The topological polar surface area (TPSA) is 23.5 Å². The lowest BCUT2D eigenvalue weighted by molar-refractivity contribution is 0.199. The molecule has 17 heavy (non-hydrogen) atoms. The molecule has 1 aromatic rings. The molecule has 2 heteroatoms. The van der Waals surface area contributed by atoms with Crippen molar-refractivity contribution in [3.05, 3.63) is 29.8 Å². The number of aliphatic hydroxyl groups excluding tert-OH is 1. The second-order valence-electron chi connectivity index (χ2n) is 5.36. The van der Waals surface area contributed by atoms with Crippen molar-refractivity contribution < 1.29 is 5.11 Å². The third-order valence-corrected chi connectivity index (χ3v) is 3.26. The van der Waals surface area contributed by atoms with Gasteiger partial charge in [-0.3, -0.25) is 0 Å². The Morgan fingerprint density at radius 3 is 2.00 bits per heavy atom. The Morgan fingerprint density at radius 1 is 1.06 bits per heavy atom. The number of rotatable bonds is 5. The lowest BCUT2D eigenvalue weighted by Crippen LogP contribution is -2.29. The van der Waals surface area contributed by atoms with Gasteiger partial charge in [0.25, 0.3) is 0 Å². The summed E-state index contributed by atoms with van der Waals surface area (Å²) in [4.78, 5) is 2.30. The maximum Gasteiger partial charge on any atom is 0.0761 e. The third-order valence-electron chi connectivity index (χ3n) is 3.26. The van der Waals surface area contributed by atoms with Crippen LogP contribution in [0, 0.1) is 5.92 Å². The maximum absolute atomic E-state index is 9.47. The van der Waals surface area contributed by atoms with Gasteiger partial charge in [0, 0.05) is 18.8 Å². The van der Waals surface area contributed by atoms with Crippen molar-refractivity contribution in [1.82, 2.24) is 0 Å². The predicted molar refractivity (Wildman–Crippen MR) is 74.4 cm³/mol. The Kier molecular flexibility index (Phi) is 5.01. The largest absolute Gasteiger partial charge is 0.389 e. The van der Waals surface area contributed by atoms with E-state index in [4.69, 9.17) is 0 Å². The Hall–Kier alpha value is -1.02. The lowest BCUT2D eigenvalue weighted by atomic mass is 10.0. The Labute approximate surface area is 105 Å². The lowest BCUT2D eigenvalue weighted by Gasteiger charge is -2.28. The van der Waals surface area contributed by atoms with Crippen LogP contribution >= 0.6 is 0 Å². The van der Waals surface area contributed by atoms with Crippen LogP contribution in [0.4, 0.5) is 5.69 Å². The van der Waals surface area contributed by atoms with Crippen molar-refractivity contribution >= 4 is 5.69 Å². The summed E-state index contributed by atoms with van der Waals surface area (Å²) in [6, 6.07) is 8.70. The number of benzene rings is 1. The highest BCUT2D eigenvalue weighted by Crippen LogP contribution is 2.21. The summed E-state index contributed by atoms with van der Waals surface area (Å²) in [6.07, 6.45) is 0.803. The SMILES string of the molecule is CC(C)CC(C)N(C)c1ccc(C(C)O)cc1. The normalized spacial score (nSPS) is 14.8. The zero-order chi connectivity index (χ0) is 13.0. The van der Waals surface area contributed by atoms with Crippen LogP contribution in [-0.4, -0.2) is 18.2 Å². The summed E-state index contributed by atoms with van der Waals surface area (Å²) in [6.45, 7) is 8.55. The van der Waals surface area contributed by atoms with Crippen LogP contribution in [-0.2, 0) is 0 Å². The van der Waals surface area contributed by atoms with Gasteiger partial charge < -0.3 is 10.0 Å². The van der Waals surface area contributed by atoms with Crippen LogP contribution in [0.3, 0.4) is 0 Å². The Morgan fingerprint density at radius 2 is 1.59 bits per heavy atom. The van der Waals surface area contributed by atoms with Crippen LogP contribution in [0.2, 0.25) is 0 Å². The van der Waals surface area contributed by atoms with Crippen molar-refractivity contribution in [2.45, 2.75) is 46.3 Å². The fourth-order valence-corrected chi connectivity index (χ4v) is 2.08. The first-order chi connectivity index (χ1) is 7.91. The molecule has 0 heterocycles. The molecule has 2 unspecified atom stereocenters. The van der Waals surface area contributed by atoms with E-state index in [1.54, 1.807) is 6.92 Å². The average Bonchev–Trinajstić information content (AvgIpc) is 2.27. The summed E-state index contributed by atoms with van der Waals surface area (Å²) in [7, 11) is 2.13. The summed E-state index contributed by atoms with van der Waals surface area (Å²) in [5, 5.41) is 9.47. The molecule has 0 bridgehead atoms. The molecule has 0 radical (unpaired) electrons. The molecule has 96 valence electrons. The summed E-state index contributed by atoms with van der Waals surface area (Å²) >= 11 is 0. The summed E-state index contributed by atoms with van der Waals surface area (Å²) < 4.78 is 0. The van der Waals surface area contributed by atoms with Crippen LogP contribution in [0.15, 0.2) is 24.3 Å². The highest BCUT2D eigenvalue weighted by molar-refractivity contribution is 5.47. The van der Waals surface area contributed by atoms with Crippen LogP contribution in [0.5, 0.6) is 0 Å². The average molecular weight is 235 g/mol. The number of anilines is 1.